The van der Waals surface area contributed by atoms with E-state index in [1.807, 2.05) is 13.8 Å². The molecule has 1 saturated heterocycles. The number of rotatable bonds is 4. The molecule has 24 heavy (non-hydrogen) atoms. The zero-order chi connectivity index (χ0) is 18.1. The number of benzene rings is 1. The van der Waals surface area contributed by atoms with Gasteiger partial charge in [0.15, 0.2) is 11.5 Å². The zero-order valence-electron chi connectivity index (χ0n) is 14.1. The van der Waals surface area contributed by atoms with Gasteiger partial charge in [-0.15, -0.1) is 0 Å². The van der Waals surface area contributed by atoms with Gasteiger partial charge in [0, 0.05) is 13.8 Å². The van der Waals surface area contributed by atoms with Crippen molar-refractivity contribution in [1.82, 2.24) is 0 Å². The molecule has 7 heteroatoms. The van der Waals surface area contributed by atoms with Crippen molar-refractivity contribution in [3.05, 3.63) is 27.7 Å². The van der Waals surface area contributed by atoms with Crippen LogP contribution in [-0.4, -0.2) is 30.9 Å². The van der Waals surface area contributed by atoms with Crippen molar-refractivity contribution in [2.24, 2.45) is 0 Å². The van der Waals surface area contributed by atoms with Gasteiger partial charge in [-0.25, -0.2) is 9.59 Å². The molecular weight excluding hydrogens is 380 g/mol. The number of methoxy groups -OCH3 is 1. The lowest BCUT2D eigenvalue weighted by Crippen LogP contribution is -2.41. The Morgan fingerprint density at radius 3 is 2.25 bits per heavy atom. The largest absolute Gasteiger partial charge is 0.493 e. The van der Waals surface area contributed by atoms with Crippen LogP contribution >= 0.6 is 15.9 Å². The average Bonchev–Trinajstić information content (AvgIpc) is 2.44. The fourth-order valence-electron chi connectivity index (χ4n) is 2.12. The molecule has 6 nitrogen and oxygen atoms in total. The minimum absolute atomic E-state index is 0.0371. The van der Waals surface area contributed by atoms with E-state index >= 15 is 0 Å². The minimum Gasteiger partial charge on any atom is -0.493 e. The number of ether oxygens (including phenoxy) is 4. The van der Waals surface area contributed by atoms with E-state index < -0.39 is 17.7 Å². The first kappa shape index (κ1) is 18.3. The monoisotopic (exact) mass is 398 g/mol. The summed E-state index contributed by atoms with van der Waals surface area (Å²) >= 11 is 3.41. The molecule has 1 aromatic rings. The normalized spacial score (nSPS) is 16.5. The number of cyclic esters (lactones) is 2. The quantitative estimate of drug-likeness (QED) is 0.439. The molecule has 1 aromatic carbocycles. The van der Waals surface area contributed by atoms with Crippen LogP contribution in [0.15, 0.2) is 22.2 Å². The molecular formula is C17H19BrO6. The van der Waals surface area contributed by atoms with E-state index in [1.165, 1.54) is 27.0 Å². The Morgan fingerprint density at radius 1 is 1.17 bits per heavy atom. The Labute approximate surface area is 148 Å². The highest BCUT2D eigenvalue weighted by Crippen LogP contribution is 2.38. The number of hydrogen-bond donors (Lipinski definition) is 0. The second-order valence-corrected chi connectivity index (χ2v) is 6.79. The Morgan fingerprint density at radius 2 is 1.75 bits per heavy atom. The van der Waals surface area contributed by atoms with Gasteiger partial charge in [0.1, 0.15) is 5.57 Å². The van der Waals surface area contributed by atoms with Crippen LogP contribution in [0.2, 0.25) is 0 Å². The number of carbonyl (C=O) groups excluding carboxylic acids is 2. The Balaban J connectivity index is 2.41. The summed E-state index contributed by atoms with van der Waals surface area (Å²) in [6, 6.07) is 3.38. The van der Waals surface area contributed by atoms with Gasteiger partial charge in [-0.1, -0.05) is 0 Å². The summed E-state index contributed by atoms with van der Waals surface area (Å²) in [6.45, 7) is 6.80. The van der Waals surface area contributed by atoms with Gasteiger partial charge in [-0.05, 0) is 53.5 Å². The SMILES string of the molecule is COc1cc(C=C2C(=O)OC(C)(C)OC2=O)cc(Br)c1OC(C)C. The molecule has 0 radical (unpaired) electrons. The van der Waals surface area contributed by atoms with Crippen LogP contribution in [0.3, 0.4) is 0 Å². The Kier molecular flexibility index (Phi) is 5.22. The van der Waals surface area contributed by atoms with Gasteiger partial charge in [0.05, 0.1) is 17.7 Å². The lowest BCUT2D eigenvalue weighted by atomic mass is 10.1. The molecule has 0 aromatic heterocycles. The van der Waals surface area contributed by atoms with Crippen molar-refractivity contribution in [2.75, 3.05) is 7.11 Å². The second kappa shape index (κ2) is 6.84. The van der Waals surface area contributed by atoms with Crippen LogP contribution in [0.25, 0.3) is 6.08 Å². The van der Waals surface area contributed by atoms with Crippen molar-refractivity contribution in [3.63, 3.8) is 0 Å². The topological polar surface area (TPSA) is 71.1 Å². The fourth-order valence-corrected chi connectivity index (χ4v) is 2.67. The lowest BCUT2D eigenvalue weighted by Gasteiger charge is -2.29. The highest BCUT2D eigenvalue weighted by Gasteiger charge is 2.38. The molecule has 0 amide bonds. The van der Waals surface area contributed by atoms with Crippen molar-refractivity contribution in [2.45, 2.75) is 39.6 Å². The minimum atomic E-state index is -1.27. The summed E-state index contributed by atoms with van der Waals surface area (Å²) in [5.74, 6) is -1.70. The van der Waals surface area contributed by atoms with Crippen LogP contribution < -0.4 is 9.47 Å². The summed E-state index contributed by atoms with van der Waals surface area (Å²) in [5.41, 5.74) is 0.388. The van der Waals surface area contributed by atoms with E-state index in [2.05, 4.69) is 15.9 Å². The van der Waals surface area contributed by atoms with E-state index in [0.717, 1.165) is 0 Å². The average molecular weight is 399 g/mol. The first-order chi connectivity index (χ1) is 11.1. The van der Waals surface area contributed by atoms with Crippen LogP contribution in [-0.2, 0) is 19.1 Å². The van der Waals surface area contributed by atoms with Gasteiger partial charge < -0.3 is 18.9 Å². The van der Waals surface area contributed by atoms with E-state index in [4.69, 9.17) is 18.9 Å². The van der Waals surface area contributed by atoms with Crippen molar-refractivity contribution >= 4 is 33.9 Å². The predicted molar refractivity (Wildman–Crippen MR) is 90.7 cm³/mol. The van der Waals surface area contributed by atoms with Gasteiger partial charge in [0.2, 0.25) is 0 Å². The molecule has 2 rings (SSSR count). The second-order valence-electron chi connectivity index (χ2n) is 5.94. The first-order valence-electron chi connectivity index (χ1n) is 7.35. The third-order valence-corrected chi connectivity index (χ3v) is 3.62. The van der Waals surface area contributed by atoms with Crippen LogP contribution in [0.5, 0.6) is 11.5 Å². The Bertz CT molecular complexity index is 683. The first-order valence-corrected chi connectivity index (χ1v) is 8.15. The third-order valence-electron chi connectivity index (χ3n) is 3.03. The number of hydrogen-bond acceptors (Lipinski definition) is 6. The van der Waals surface area contributed by atoms with E-state index in [-0.39, 0.29) is 11.7 Å². The van der Waals surface area contributed by atoms with E-state index in [9.17, 15) is 9.59 Å². The maximum absolute atomic E-state index is 12.0. The molecule has 0 atom stereocenters. The lowest BCUT2D eigenvalue weighted by molar-refractivity contribution is -0.222. The summed E-state index contributed by atoms with van der Waals surface area (Å²) in [6.07, 6.45) is 1.36. The van der Waals surface area contributed by atoms with Gasteiger partial charge in [-0.2, -0.15) is 0 Å². The molecule has 1 aliphatic rings. The highest BCUT2D eigenvalue weighted by atomic mass is 79.9. The Hall–Kier alpha value is -2.02. The van der Waals surface area contributed by atoms with E-state index in [1.54, 1.807) is 12.1 Å². The van der Waals surface area contributed by atoms with Crippen LogP contribution in [0.1, 0.15) is 33.3 Å². The van der Waals surface area contributed by atoms with Gasteiger partial charge in [-0.3, -0.25) is 0 Å². The molecule has 0 unspecified atom stereocenters. The number of carbonyl (C=O) groups is 2. The maximum Gasteiger partial charge on any atom is 0.348 e. The fraction of sp³-hybridized carbons (Fsp3) is 0.412. The smallest absolute Gasteiger partial charge is 0.348 e. The van der Waals surface area contributed by atoms with Crippen molar-refractivity contribution < 1.29 is 28.5 Å². The predicted octanol–water partition coefficient (Wildman–Crippen LogP) is 3.46. The standard InChI is InChI=1S/C17H19BrO6/c1-9(2)22-14-12(18)7-10(8-13(14)21-5)6-11-15(19)23-17(3,4)24-16(11)20/h6-9H,1-5H3. The summed E-state index contributed by atoms with van der Waals surface area (Å²) in [5, 5.41) is 0. The molecule has 0 saturated carbocycles. The van der Waals surface area contributed by atoms with Crippen molar-refractivity contribution in [1.29, 1.82) is 0 Å². The van der Waals surface area contributed by atoms with Gasteiger partial charge >= 0.3 is 11.9 Å². The molecule has 1 aliphatic heterocycles. The molecule has 1 fully saturated rings. The zero-order valence-corrected chi connectivity index (χ0v) is 15.7. The number of esters is 2. The maximum atomic E-state index is 12.0. The highest BCUT2D eigenvalue weighted by molar-refractivity contribution is 9.10. The molecule has 0 spiro atoms. The molecule has 0 bridgehead atoms. The van der Waals surface area contributed by atoms with Gasteiger partial charge in [0.25, 0.3) is 5.79 Å². The molecule has 130 valence electrons. The van der Waals surface area contributed by atoms with E-state index in [0.29, 0.717) is 21.5 Å². The third kappa shape index (κ3) is 4.08. The molecule has 1 heterocycles. The molecule has 0 N–H and O–H groups in total. The number of halogens is 1. The summed E-state index contributed by atoms with van der Waals surface area (Å²) < 4.78 is 21.8. The molecule has 0 aliphatic carbocycles. The van der Waals surface area contributed by atoms with Crippen molar-refractivity contribution in [3.8, 4) is 11.5 Å². The summed E-state index contributed by atoms with van der Waals surface area (Å²) in [7, 11) is 1.51. The van der Waals surface area contributed by atoms with Crippen LogP contribution in [0.4, 0.5) is 0 Å². The van der Waals surface area contributed by atoms with Crippen LogP contribution in [0, 0.1) is 0 Å². The summed E-state index contributed by atoms with van der Waals surface area (Å²) in [4.78, 5) is 24.0.